The molecule has 3 rings (SSSR count). The summed E-state index contributed by atoms with van der Waals surface area (Å²) in [5.41, 5.74) is 1.05. The molecular formula is C22H20F3N5O3. The van der Waals surface area contributed by atoms with Crippen LogP contribution in [0.2, 0.25) is 0 Å². The third-order valence-corrected chi connectivity index (χ3v) is 4.43. The SMILES string of the molecule is Cc1nnnn1/C(=C\c1ccccc1)C(=O)OCC(=O)N(Cc1ccccc1)CC(F)(F)F. The minimum atomic E-state index is -4.61. The summed E-state index contributed by atoms with van der Waals surface area (Å²) in [4.78, 5) is 25.9. The number of esters is 1. The number of rotatable bonds is 8. The topological polar surface area (TPSA) is 90.2 Å². The number of hydrogen-bond acceptors (Lipinski definition) is 6. The highest BCUT2D eigenvalue weighted by molar-refractivity contribution is 6.15. The van der Waals surface area contributed by atoms with Crippen LogP contribution < -0.4 is 0 Å². The smallest absolute Gasteiger partial charge is 0.406 e. The van der Waals surface area contributed by atoms with Crippen molar-refractivity contribution in [3.05, 3.63) is 77.6 Å². The van der Waals surface area contributed by atoms with Gasteiger partial charge < -0.3 is 9.64 Å². The van der Waals surface area contributed by atoms with Crippen LogP contribution in [0.25, 0.3) is 11.8 Å². The second kappa shape index (κ2) is 10.5. The number of aromatic nitrogens is 4. The molecule has 0 spiro atoms. The van der Waals surface area contributed by atoms with E-state index in [-0.39, 0.29) is 18.1 Å². The number of nitrogens with zero attached hydrogens (tertiary/aromatic N) is 5. The minimum Gasteiger partial charge on any atom is -0.451 e. The van der Waals surface area contributed by atoms with Gasteiger partial charge in [-0.15, -0.1) is 5.10 Å². The average molecular weight is 459 g/mol. The van der Waals surface area contributed by atoms with E-state index < -0.39 is 31.2 Å². The molecule has 0 aliphatic rings. The second-order valence-corrected chi connectivity index (χ2v) is 7.00. The van der Waals surface area contributed by atoms with Crippen LogP contribution in [0.4, 0.5) is 13.2 Å². The Morgan fingerprint density at radius 2 is 1.70 bits per heavy atom. The van der Waals surface area contributed by atoms with Crippen LogP contribution >= 0.6 is 0 Å². The van der Waals surface area contributed by atoms with Crippen molar-refractivity contribution < 1.29 is 27.5 Å². The number of carbonyl (C=O) groups is 2. The minimum absolute atomic E-state index is 0.0954. The zero-order chi connectivity index (χ0) is 23.8. The van der Waals surface area contributed by atoms with Crippen molar-refractivity contribution in [3.8, 4) is 0 Å². The summed E-state index contributed by atoms with van der Waals surface area (Å²) < 4.78 is 45.3. The summed E-state index contributed by atoms with van der Waals surface area (Å²) in [6.07, 6.45) is -3.16. The lowest BCUT2D eigenvalue weighted by Gasteiger charge is -2.24. The Hall–Kier alpha value is -4.02. The molecule has 0 fully saturated rings. The molecule has 33 heavy (non-hydrogen) atoms. The predicted molar refractivity (Wildman–Crippen MR) is 112 cm³/mol. The van der Waals surface area contributed by atoms with Crippen LogP contribution in [-0.2, 0) is 20.9 Å². The molecule has 0 radical (unpaired) electrons. The third kappa shape index (κ3) is 6.99. The molecule has 0 atom stereocenters. The van der Waals surface area contributed by atoms with Crippen molar-refractivity contribution in [2.75, 3.05) is 13.2 Å². The van der Waals surface area contributed by atoms with E-state index in [1.54, 1.807) is 67.6 Å². The van der Waals surface area contributed by atoms with E-state index in [1.807, 2.05) is 0 Å². The van der Waals surface area contributed by atoms with Crippen LogP contribution in [-0.4, -0.2) is 56.3 Å². The van der Waals surface area contributed by atoms with Gasteiger partial charge in [-0.2, -0.15) is 17.9 Å². The fourth-order valence-electron chi connectivity index (χ4n) is 2.91. The summed E-state index contributed by atoms with van der Waals surface area (Å²) >= 11 is 0. The van der Waals surface area contributed by atoms with Gasteiger partial charge in [-0.25, -0.2) is 4.79 Å². The van der Waals surface area contributed by atoms with Gasteiger partial charge in [-0.1, -0.05) is 60.7 Å². The molecule has 2 aromatic carbocycles. The predicted octanol–water partition coefficient (Wildman–Crippen LogP) is 3.11. The van der Waals surface area contributed by atoms with Crippen LogP contribution in [0.1, 0.15) is 17.0 Å². The molecule has 0 N–H and O–H groups in total. The Bertz CT molecular complexity index is 1120. The molecule has 0 aliphatic carbocycles. The molecule has 1 heterocycles. The first-order valence-corrected chi connectivity index (χ1v) is 9.80. The quantitative estimate of drug-likeness (QED) is 0.380. The molecule has 1 amide bonds. The van der Waals surface area contributed by atoms with Gasteiger partial charge in [0.2, 0.25) is 0 Å². The lowest BCUT2D eigenvalue weighted by atomic mass is 10.2. The highest BCUT2D eigenvalue weighted by Crippen LogP contribution is 2.19. The number of tetrazole rings is 1. The Balaban J connectivity index is 1.76. The standard InChI is InChI=1S/C22H20F3N5O3/c1-16-26-27-28-30(16)19(12-17-8-4-2-5-9-17)21(32)33-14-20(31)29(15-22(23,24)25)13-18-10-6-3-7-11-18/h2-12H,13-15H2,1H3/b19-12-. The normalized spacial score (nSPS) is 11.8. The van der Waals surface area contributed by atoms with Crippen molar-refractivity contribution in [3.63, 3.8) is 0 Å². The van der Waals surface area contributed by atoms with E-state index in [4.69, 9.17) is 4.74 Å². The number of carbonyl (C=O) groups excluding carboxylic acids is 2. The van der Waals surface area contributed by atoms with Gasteiger partial charge in [0.15, 0.2) is 18.1 Å². The van der Waals surface area contributed by atoms with Crippen molar-refractivity contribution in [2.24, 2.45) is 0 Å². The maximum absolute atomic E-state index is 13.0. The number of aryl methyl sites for hydroxylation is 1. The average Bonchev–Trinajstić information content (AvgIpc) is 3.21. The summed E-state index contributed by atoms with van der Waals surface area (Å²) in [6, 6.07) is 17.0. The van der Waals surface area contributed by atoms with E-state index in [0.717, 1.165) is 4.68 Å². The van der Waals surface area contributed by atoms with Gasteiger partial charge in [0.1, 0.15) is 6.54 Å². The number of hydrogen-bond donors (Lipinski definition) is 0. The Labute approximate surface area is 187 Å². The van der Waals surface area contributed by atoms with E-state index in [9.17, 15) is 22.8 Å². The molecule has 0 unspecified atom stereocenters. The van der Waals surface area contributed by atoms with Crippen molar-refractivity contribution in [1.29, 1.82) is 0 Å². The highest BCUT2D eigenvalue weighted by atomic mass is 19.4. The van der Waals surface area contributed by atoms with Gasteiger partial charge >= 0.3 is 12.1 Å². The van der Waals surface area contributed by atoms with Gasteiger partial charge in [-0.05, 0) is 34.6 Å². The molecule has 0 aliphatic heterocycles. The molecule has 0 saturated heterocycles. The number of alkyl halides is 3. The zero-order valence-electron chi connectivity index (χ0n) is 17.6. The highest BCUT2D eigenvalue weighted by Gasteiger charge is 2.33. The molecule has 0 bridgehead atoms. The number of benzene rings is 2. The van der Waals surface area contributed by atoms with Gasteiger partial charge in [0, 0.05) is 6.54 Å². The molecule has 3 aromatic rings. The molecular weight excluding hydrogens is 439 g/mol. The van der Waals surface area contributed by atoms with Crippen molar-refractivity contribution in [1.82, 2.24) is 25.1 Å². The second-order valence-electron chi connectivity index (χ2n) is 7.00. The van der Waals surface area contributed by atoms with Crippen LogP contribution in [0, 0.1) is 6.92 Å². The lowest BCUT2D eigenvalue weighted by molar-refractivity contribution is -0.166. The largest absolute Gasteiger partial charge is 0.451 e. The monoisotopic (exact) mass is 459 g/mol. The maximum atomic E-state index is 13.0. The third-order valence-electron chi connectivity index (χ3n) is 4.43. The van der Waals surface area contributed by atoms with Gasteiger partial charge in [0.25, 0.3) is 5.91 Å². The van der Waals surface area contributed by atoms with E-state index in [2.05, 4.69) is 15.5 Å². The van der Waals surface area contributed by atoms with E-state index >= 15 is 0 Å². The summed E-state index contributed by atoms with van der Waals surface area (Å²) in [7, 11) is 0. The summed E-state index contributed by atoms with van der Waals surface area (Å²) in [5.74, 6) is -1.67. The molecule has 11 heteroatoms. The van der Waals surface area contributed by atoms with Gasteiger partial charge in [0.05, 0.1) is 0 Å². The number of ether oxygens (including phenoxy) is 1. The molecule has 0 saturated carbocycles. The summed E-state index contributed by atoms with van der Waals surface area (Å²) in [5, 5.41) is 11.0. The first-order chi connectivity index (χ1) is 15.7. The first kappa shape index (κ1) is 23.6. The van der Waals surface area contributed by atoms with Crippen LogP contribution in [0.3, 0.4) is 0 Å². The number of amides is 1. The molecule has 1 aromatic heterocycles. The maximum Gasteiger partial charge on any atom is 0.406 e. The molecule has 8 nitrogen and oxygen atoms in total. The van der Waals surface area contributed by atoms with Crippen LogP contribution in [0.15, 0.2) is 60.7 Å². The lowest BCUT2D eigenvalue weighted by Crippen LogP contribution is -2.40. The van der Waals surface area contributed by atoms with Gasteiger partial charge in [-0.3, -0.25) is 4.79 Å². The fraction of sp³-hybridized carbons (Fsp3) is 0.227. The zero-order valence-corrected chi connectivity index (χ0v) is 17.6. The van der Waals surface area contributed by atoms with E-state index in [0.29, 0.717) is 16.0 Å². The van der Waals surface area contributed by atoms with Crippen molar-refractivity contribution in [2.45, 2.75) is 19.6 Å². The Morgan fingerprint density at radius 1 is 1.06 bits per heavy atom. The van der Waals surface area contributed by atoms with Crippen LogP contribution in [0.5, 0.6) is 0 Å². The molecule has 172 valence electrons. The summed E-state index contributed by atoms with van der Waals surface area (Å²) in [6.45, 7) is -1.08. The first-order valence-electron chi connectivity index (χ1n) is 9.80. The van der Waals surface area contributed by atoms with Crippen molar-refractivity contribution >= 4 is 23.6 Å². The Morgan fingerprint density at radius 3 is 2.27 bits per heavy atom. The number of halogens is 3. The Kier molecular flexibility index (Phi) is 7.54. The van der Waals surface area contributed by atoms with E-state index in [1.165, 1.54) is 6.08 Å². The fourth-order valence-corrected chi connectivity index (χ4v) is 2.91.